The molecule has 2 rings (SSSR count). The van der Waals surface area contributed by atoms with E-state index in [0.717, 1.165) is 19.6 Å². The Bertz CT molecular complexity index is 328. The molecule has 1 N–H and O–H groups in total. The summed E-state index contributed by atoms with van der Waals surface area (Å²) in [6.07, 6.45) is 5.66. The zero-order valence-corrected chi connectivity index (χ0v) is 13.7. The Kier molecular flexibility index (Phi) is 5.11. The topological polar surface area (TPSA) is 32.3 Å². The standard InChI is InChI=1S/C17H32N2O/c1-13(17(2,3)4)11-16(20)19-10-6-8-15(19)14-7-5-9-18-12-14/h13-15,18H,5-12H2,1-4H3. The van der Waals surface area contributed by atoms with E-state index >= 15 is 0 Å². The first-order chi connectivity index (χ1) is 9.39. The minimum Gasteiger partial charge on any atom is -0.339 e. The molecule has 2 aliphatic rings. The number of carbonyl (C=O) groups excluding carboxylic acids is 1. The number of amides is 1. The molecule has 3 atom stereocenters. The molecule has 0 aromatic rings. The highest BCUT2D eigenvalue weighted by Gasteiger charge is 2.36. The monoisotopic (exact) mass is 280 g/mol. The zero-order valence-electron chi connectivity index (χ0n) is 13.7. The van der Waals surface area contributed by atoms with E-state index in [0.29, 0.717) is 30.2 Å². The van der Waals surface area contributed by atoms with E-state index in [1.54, 1.807) is 0 Å². The Morgan fingerprint density at radius 2 is 2.05 bits per heavy atom. The molecule has 3 unspecified atom stereocenters. The smallest absolute Gasteiger partial charge is 0.223 e. The zero-order chi connectivity index (χ0) is 14.8. The van der Waals surface area contributed by atoms with Crippen LogP contribution in [0.5, 0.6) is 0 Å². The van der Waals surface area contributed by atoms with Gasteiger partial charge in [-0.05, 0) is 56.0 Å². The van der Waals surface area contributed by atoms with Crippen molar-refractivity contribution in [1.82, 2.24) is 10.2 Å². The first-order valence-electron chi connectivity index (χ1n) is 8.40. The Hall–Kier alpha value is -0.570. The lowest BCUT2D eigenvalue weighted by atomic mass is 9.80. The van der Waals surface area contributed by atoms with E-state index in [1.807, 2.05) is 0 Å². The fourth-order valence-corrected chi connectivity index (χ4v) is 3.48. The van der Waals surface area contributed by atoms with Gasteiger partial charge >= 0.3 is 0 Å². The maximum absolute atomic E-state index is 12.7. The predicted octanol–water partition coefficient (Wildman–Crippen LogP) is 3.05. The third-order valence-corrected chi connectivity index (χ3v) is 5.46. The van der Waals surface area contributed by atoms with Crippen molar-refractivity contribution >= 4 is 5.91 Å². The Balaban J connectivity index is 1.94. The Morgan fingerprint density at radius 1 is 1.30 bits per heavy atom. The van der Waals surface area contributed by atoms with Gasteiger partial charge in [-0.3, -0.25) is 4.79 Å². The highest BCUT2D eigenvalue weighted by molar-refractivity contribution is 5.77. The molecule has 0 aromatic heterocycles. The Morgan fingerprint density at radius 3 is 2.65 bits per heavy atom. The molecule has 3 nitrogen and oxygen atoms in total. The summed E-state index contributed by atoms with van der Waals surface area (Å²) in [7, 11) is 0. The second kappa shape index (κ2) is 6.46. The number of likely N-dealkylation sites (tertiary alicyclic amines) is 1. The number of hydrogen-bond acceptors (Lipinski definition) is 2. The molecule has 20 heavy (non-hydrogen) atoms. The first kappa shape index (κ1) is 15.8. The molecule has 2 aliphatic heterocycles. The number of piperidine rings is 1. The predicted molar refractivity (Wildman–Crippen MR) is 83.6 cm³/mol. The summed E-state index contributed by atoms with van der Waals surface area (Å²) < 4.78 is 0. The van der Waals surface area contributed by atoms with Crippen LogP contribution in [0.25, 0.3) is 0 Å². The average Bonchev–Trinajstić information content (AvgIpc) is 2.87. The summed E-state index contributed by atoms with van der Waals surface area (Å²) in [6, 6.07) is 0.502. The molecule has 0 aliphatic carbocycles. The van der Waals surface area contributed by atoms with Gasteiger partial charge in [0, 0.05) is 19.0 Å². The lowest BCUT2D eigenvalue weighted by Crippen LogP contribution is -2.46. The summed E-state index contributed by atoms with van der Waals surface area (Å²) in [5, 5.41) is 3.50. The number of carbonyl (C=O) groups is 1. The molecule has 2 fully saturated rings. The van der Waals surface area contributed by atoms with Crippen LogP contribution in [0, 0.1) is 17.3 Å². The van der Waals surface area contributed by atoms with Gasteiger partial charge < -0.3 is 10.2 Å². The maximum atomic E-state index is 12.7. The second-order valence-electron chi connectivity index (χ2n) is 7.87. The van der Waals surface area contributed by atoms with Crippen LogP contribution in [0.4, 0.5) is 0 Å². The lowest BCUT2D eigenvalue weighted by molar-refractivity contribution is -0.134. The van der Waals surface area contributed by atoms with Gasteiger partial charge in [0.25, 0.3) is 0 Å². The van der Waals surface area contributed by atoms with Crippen LogP contribution in [0.3, 0.4) is 0 Å². The van der Waals surface area contributed by atoms with Crippen molar-refractivity contribution in [1.29, 1.82) is 0 Å². The summed E-state index contributed by atoms with van der Waals surface area (Å²) >= 11 is 0. The minimum absolute atomic E-state index is 0.220. The summed E-state index contributed by atoms with van der Waals surface area (Å²) in [5.74, 6) is 1.52. The van der Waals surface area contributed by atoms with E-state index in [1.165, 1.54) is 25.7 Å². The molecule has 2 heterocycles. The number of rotatable bonds is 3. The fourth-order valence-electron chi connectivity index (χ4n) is 3.48. The summed E-state index contributed by atoms with van der Waals surface area (Å²) in [5.41, 5.74) is 0.220. The van der Waals surface area contributed by atoms with E-state index in [4.69, 9.17) is 0 Å². The highest BCUT2D eigenvalue weighted by Crippen LogP contribution is 2.32. The van der Waals surface area contributed by atoms with Crippen molar-refractivity contribution in [3.05, 3.63) is 0 Å². The minimum atomic E-state index is 0.220. The first-order valence-corrected chi connectivity index (χ1v) is 8.40. The average molecular weight is 280 g/mol. The molecule has 2 saturated heterocycles. The summed E-state index contributed by atoms with van der Waals surface area (Å²) in [4.78, 5) is 14.9. The van der Waals surface area contributed by atoms with Gasteiger partial charge in [0.05, 0.1) is 0 Å². The van der Waals surface area contributed by atoms with Gasteiger partial charge in [-0.1, -0.05) is 27.7 Å². The summed E-state index contributed by atoms with van der Waals surface area (Å²) in [6.45, 7) is 12.1. The van der Waals surface area contributed by atoms with Crippen LogP contribution in [-0.4, -0.2) is 36.5 Å². The second-order valence-corrected chi connectivity index (χ2v) is 7.87. The number of hydrogen-bond donors (Lipinski definition) is 1. The van der Waals surface area contributed by atoms with Gasteiger partial charge in [-0.15, -0.1) is 0 Å². The van der Waals surface area contributed by atoms with Crippen molar-refractivity contribution in [2.24, 2.45) is 17.3 Å². The van der Waals surface area contributed by atoms with Crippen LogP contribution in [0.15, 0.2) is 0 Å². The largest absolute Gasteiger partial charge is 0.339 e. The van der Waals surface area contributed by atoms with Crippen LogP contribution >= 0.6 is 0 Å². The molecule has 3 heteroatoms. The molecule has 0 saturated carbocycles. The van der Waals surface area contributed by atoms with Crippen molar-refractivity contribution in [2.45, 2.75) is 65.8 Å². The van der Waals surface area contributed by atoms with E-state index in [2.05, 4.69) is 37.9 Å². The van der Waals surface area contributed by atoms with Crippen LogP contribution in [0.2, 0.25) is 0 Å². The van der Waals surface area contributed by atoms with Crippen LogP contribution < -0.4 is 5.32 Å². The van der Waals surface area contributed by atoms with Gasteiger partial charge in [-0.2, -0.15) is 0 Å². The van der Waals surface area contributed by atoms with Crippen molar-refractivity contribution in [2.75, 3.05) is 19.6 Å². The number of nitrogens with one attached hydrogen (secondary N) is 1. The fraction of sp³-hybridized carbons (Fsp3) is 0.941. The quantitative estimate of drug-likeness (QED) is 0.862. The number of nitrogens with zero attached hydrogens (tertiary/aromatic N) is 1. The van der Waals surface area contributed by atoms with Crippen molar-refractivity contribution in [3.8, 4) is 0 Å². The molecule has 116 valence electrons. The normalized spacial score (nSPS) is 29.5. The van der Waals surface area contributed by atoms with Gasteiger partial charge in [0.2, 0.25) is 5.91 Å². The molecule has 1 amide bonds. The van der Waals surface area contributed by atoms with Crippen molar-refractivity contribution in [3.63, 3.8) is 0 Å². The third-order valence-electron chi connectivity index (χ3n) is 5.46. The van der Waals surface area contributed by atoms with Crippen molar-refractivity contribution < 1.29 is 4.79 Å². The Labute approximate surface area is 124 Å². The highest BCUT2D eigenvalue weighted by atomic mass is 16.2. The molecular weight excluding hydrogens is 248 g/mol. The SMILES string of the molecule is CC(CC(=O)N1CCCC1C1CCCNC1)C(C)(C)C. The third kappa shape index (κ3) is 3.75. The van der Waals surface area contributed by atoms with Gasteiger partial charge in [-0.25, -0.2) is 0 Å². The van der Waals surface area contributed by atoms with E-state index < -0.39 is 0 Å². The maximum Gasteiger partial charge on any atom is 0.223 e. The van der Waals surface area contributed by atoms with Crippen LogP contribution in [-0.2, 0) is 4.79 Å². The molecule has 0 aromatic carbocycles. The van der Waals surface area contributed by atoms with Crippen LogP contribution in [0.1, 0.15) is 59.8 Å². The van der Waals surface area contributed by atoms with Gasteiger partial charge in [0.1, 0.15) is 0 Å². The van der Waals surface area contributed by atoms with Gasteiger partial charge in [0.15, 0.2) is 0 Å². The molecular formula is C17H32N2O. The molecule has 0 radical (unpaired) electrons. The lowest BCUT2D eigenvalue weighted by Gasteiger charge is -2.36. The molecule has 0 spiro atoms. The molecule has 0 bridgehead atoms. The van der Waals surface area contributed by atoms with E-state index in [-0.39, 0.29) is 5.41 Å². The van der Waals surface area contributed by atoms with E-state index in [9.17, 15) is 4.79 Å².